The van der Waals surface area contributed by atoms with Gasteiger partial charge in [-0.2, -0.15) is 0 Å². The molecule has 0 spiro atoms. The molecule has 3 rings (SSSR count). The first-order chi connectivity index (χ1) is 12.5. The average Bonchev–Trinajstić information content (AvgIpc) is 2.64. The molecular formula is C18H19ClN2O4S. The number of nitrogens with one attached hydrogen (secondary N) is 1. The summed E-state index contributed by atoms with van der Waals surface area (Å²) in [5.41, 5.74) is 1.94. The Morgan fingerprint density at radius 2 is 2.08 bits per heavy atom. The van der Waals surface area contributed by atoms with Crippen LogP contribution in [0.5, 0.6) is 0 Å². The molecule has 26 heavy (non-hydrogen) atoms. The number of carbonyl (C=O) groups is 3. The smallest absolute Gasteiger partial charge is 0.355 e. The van der Waals surface area contributed by atoms with E-state index in [1.165, 1.54) is 16.7 Å². The molecule has 1 unspecified atom stereocenters. The van der Waals surface area contributed by atoms with Gasteiger partial charge in [0.15, 0.2) is 0 Å². The molecule has 138 valence electrons. The second kappa shape index (κ2) is 8.14. The maximum Gasteiger partial charge on any atom is 0.355 e. The number of esters is 1. The molecule has 0 aromatic heterocycles. The number of carbonyl (C=O) groups excluding carboxylic acids is 3. The molecule has 2 heterocycles. The van der Waals surface area contributed by atoms with Gasteiger partial charge in [0.05, 0.1) is 12.3 Å². The van der Waals surface area contributed by atoms with E-state index in [9.17, 15) is 14.4 Å². The Balaban J connectivity index is 1.65. The van der Waals surface area contributed by atoms with E-state index in [0.717, 1.165) is 11.1 Å². The Bertz CT molecular complexity index is 753. The normalized spacial score (nSPS) is 21.8. The van der Waals surface area contributed by atoms with Gasteiger partial charge in [-0.05, 0) is 18.1 Å². The number of fused-ring (bicyclic) bond motifs is 1. The zero-order chi connectivity index (χ0) is 18.7. The molecule has 2 atom stereocenters. The van der Waals surface area contributed by atoms with Crippen molar-refractivity contribution in [2.24, 2.45) is 0 Å². The standard InChI is InChI=1S/C18H19ClN2O4S/c1-11-10-26-17-14(20-13(22)9-12-5-3-2-4-6-12)16(23)21(17)15(11)18(24)25-8-7-19/h2-6,14,17H,7-10H2,1H3,(H,20,22)/t14?,17-/m0/s1. The minimum absolute atomic E-state index is 0.0915. The van der Waals surface area contributed by atoms with Gasteiger partial charge in [0, 0.05) is 5.75 Å². The van der Waals surface area contributed by atoms with E-state index < -0.39 is 12.0 Å². The fourth-order valence-electron chi connectivity index (χ4n) is 2.97. The number of hydrogen-bond donors (Lipinski definition) is 1. The summed E-state index contributed by atoms with van der Waals surface area (Å²) in [6, 6.07) is 8.71. The van der Waals surface area contributed by atoms with Gasteiger partial charge >= 0.3 is 5.97 Å². The molecule has 1 saturated heterocycles. The molecule has 0 aliphatic carbocycles. The highest BCUT2D eigenvalue weighted by Crippen LogP contribution is 2.40. The molecule has 6 nitrogen and oxygen atoms in total. The molecular weight excluding hydrogens is 376 g/mol. The summed E-state index contributed by atoms with van der Waals surface area (Å²) in [5.74, 6) is -0.253. The fraction of sp³-hybridized carbons (Fsp3) is 0.389. The quantitative estimate of drug-likeness (QED) is 0.451. The Kier molecular flexibility index (Phi) is 5.88. The number of alkyl halides is 1. The monoisotopic (exact) mass is 394 g/mol. The lowest BCUT2D eigenvalue weighted by atomic mass is 10.0. The lowest BCUT2D eigenvalue weighted by molar-refractivity contribution is -0.152. The van der Waals surface area contributed by atoms with Crippen molar-refractivity contribution in [3.8, 4) is 0 Å². The van der Waals surface area contributed by atoms with Crippen LogP contribution in [0.25, 0.3) is 0 Å². The summed E-state index contributed by atoms with van der Waals surface area (Å²) in [7, 11) is 0. The Hall–Kier alpha value is -1.99. The van der Waals surface area contributed by atoms with Gasteiger partial charge in [0.25, 0.3) is 5.91 Å². The van der Waals surface area contributed by atoms with Gasteiger partial charge in [0.2, 0.25) is 5.91 Å². The van der Waals surface area contributed by atoms with Gasteiger partial charge in [-0.25, -0.2) is 4.79 Å². The lowest BCUT2D eigenvalue weighted by Crippen LogP contribution is -2.70. The van der Waals surface area contributed by atoms with Crippen molar-refractivity contribution in [3.63, 3.8) is 0 Å². The molecule has 1 fully saturated rings. The SMILES string of the molecule is CC1=C(C(=O)OCCCl)N2C(=O)C(NC(=O)Cc3ccccc3)[C@@H]2SC1. The predicted molar refractivity (Wildman–Crippen MR) is 99.5 cm³/mol. The third kappa shape index (κ3) is 3.73. The van der Waals surface area contributed by atoms with E-state index in [2.05, 4.69) is 5.32 Å². The van der Waals surface area contributed by atoms with E-state index in [1.807, 2.05) is 30.3 Å². The molecule has 1 N–H and O–H groups in total. The molecule has 0 bridgehead atoms. The molecule has 0 saturated carbocycles. The molecule has 1 aromatic carbocycles. The van der Waals surface area contributed by atoms with Crippen molar-refractivity contribution < 1.29 is 19.1 Å². The summed E-state index contributed by atoms with van der Waals surface area (Å²) in [6.45, 7) is 1.89. The first-order valence-corrected chi connectivity index (χ1v) is 9.82. The topological polar surface area (TPSA) is 75.7 Å². The van der Waals surface area contributed by atoms with Gasteiger partial charge in [-0.15, -0.1) is 23.4 Å². The van der Waals surface area contributed by atoms with Crippen LogP contribution >= 0.6 is 23.4 Å². The first-order valence-electron chi connectivity index (χ1n) is 8.23. The number of halogens is 1. The third-order valence-corrected chi connectivity index (χ3v) is 5.77. The number of benzene rings is 1. The first kappa shape index (κ1) is 18.8. The maximum atomic E-state index is 12.5. The van der Waals surface area contributed by atoms with Crippen molar-refractivity contribution in [1.29, 1.82) is 0 Å². The molecule has 2 amide bonds. The Labute approximate surface area is 160 Å². The second-order valence-electron chi connectivity index (χ2n) is 6.07. The highest BCUT2D eigenvalue weighted by Gasteiger charge is 2.53. The molecule has 0 radical (unpaired) electrons. The highest BCUT2D eigenvalue weighted by molar-refractivity contribution is 8.00. The number of hydrogen-bond acceptors (Lipinski definition) is 5. The summed E-state index contributed by atoms with van der Waals surface area (Å²) in [6.07, 6.45) is 0.210. The molecule has 8 heteroatoms. The van der Waals surface area contributed by atoms with Crippen LogP contribution in [0.2, 0.25) is 0 Å². The number of β-lactam (4-membered cyclic amide) rings is 1. The minimum atomic E-state index is -0.625. The van der Waals surface area contributed by atoms with Gasteiger partial charge in [0.1, 0.15) is 23.7 Å². The van der Waals surface area contributed by atoms with Crippen LogP contribution in [0.1, 0.15) is 12.5 Å². The van der Waals surface area contributed by atoms with Crippen LogP contribution in [-0.4, -0.2) is 52.3 Å². The zero-order valence-electron chi connectivity index (χ0n) is 14.2. The average molecular weight is 395 g/mol. The largest absolute Gasteiger partial charge is 0.460 e. The van der Waals surface area contributed by atoms with E-state index in [4.69, 9.17) is 16.3 Å². The van der Waals surface area contributed by atoms with Crippen LogP contribution in [-0.2, 0) is 25.5 Å². The second-order valence-corrected chi connectivity index (χ2v) is 7.55. The number of ether oxygens (including phenoxy) is 1. The van der Waals surface area contributed by atoms with Crippen molar-refractivity contribution in [2.45, 2.75) is 24.8 Å². The number of rotatable bonds is 6. The van der Waals surface area contributed by atoms with Gasteiger partial charge in [-0.1, -0.05) is 30.3 Å². The van der Waals surface area contributed by atoms with Crippen LogP contribution in [0, 0.1) is 0 Å². The minimum Gasteiger partial charge on any atom is -0.460 e. The van der Waals surface area contributed by atoms with Crippen molar-refractivity contribution in [1.82, 2.24) is 10.2 Å². The van der Waals surface area contributed by atoms with Crippen LogP contribution < -0.4 is 5.32 Å². The van der Waals surface area contributed by atoms with Crippen molar-refractivity contribution in [2.75, 3.05) is 18.2 Å². The van der Waals surface area contributed by atoms with E-state index >= 15 is 0 Å². The predicted octanol–water partition coefficient (Wildman–Crippen LogP) is 1.68. The molecule has 2 aliphatic heterocycles. The highest BCUT2D eigenvalue weighted by atomic mass is 35.5. The third-order valence-electron chi connectivity index (χ3n) is 4.19. The summed E-state index contributed by atoms with van der Waals surface area (Å²) >= 11 is 7.08. The molecule has 2 aliphatic rings. The van der Waals surface area contributed by atoms with Crippen LogP contribution in [0.15, 0.2) is 41.6 Å². The van der Waals surface area contributed by atoms with Gasteiger partial charge < -0.3 is 10.1 Å². The Morgan fingerprint density at radius 1 is 1.35 bits per heavy atom. The van der Waals surface area contributed by atoms with Crippen molar-refractivity contribution >= 4 is 41.1 Å². The van der Waals surface area contributed by atoms with Crippen molar-refractivity contribution in [3.05, 3.63) is 47.2 Å². The van der Waals surface area contributed by atoms with Crippen LogP contribution in [0.4, 0.5) is 0 Å². The summed E-state index contributed by atoms with van der Waals surface area (Å²) in [4.78, 5) is 38.5. The molecule has 1 aromatic rings. The Morgan fingerprint density at radius 3 is 2.77 bits per heavy atom. The van der Waals surface area contributed by atoms with Gasteiger partial charge in [-0.3, -0.25) is 14.5 Å². The number of thioether (sulfide) groups is 1. The number of amides is 2. The summed E-state index contributed by atoms with van der Waals surface area (Å²) < 4.78 is 5.08. The summed E-state index contributed by atoms with van der Waals surface area (Å²) in [5, 5.41) is 2.50. The lowest BCUT2D eigenvalue weighted by Gasteiger charge is -2.49. The van der Waals surface area contributed by atoms with E-state index in [0.29, 0.717) is 5.75 Å². The maximum absolute atomic E-state index is 12.5. The fourth-order valence-corrected chi connectivity index (χ4v) is 4.34. The number of nitrogens with zero attached hydrogens (tertiary/aromatic N) is 1. The van der Waals surface area contributed by atoms with E-state index in [-0.39, 0.29) is 41.8 Å². The van der Waals surface area contributed by atoms with E-state index in [1.54, 1.807) is 6.92 Å². The van der Waals surface area contributed by atoms with Crippen LogP contribution in [0.3, 0.4) is 0 Å². The zero-order valence-corrected chi connectivity index (χ0v) is 15.8.